The van der Waals surface area contributed by atoms with Gasteiger partial charge in [-0.15, -0.1) is 0 Å². The van der Waals surface area contributed by atoms with Crippen LogP contribution in [0.3, 0.4) is 0 Å². The van der Waals surface area contributed by atoms with Crippen LogP contribution in [0.5, 0.6) is 0 Å². The number of hydrogen-bond acceptors (Lipinski definition) is 2. The van der Waals surface area contributed by atoms with E-state index in [0.717, 1.165) is 19.0 Å². The summed E-state index contributed by atoms with van der Waals surface area (Å²) in [6, 6.07) is 0.419. The maximum atomic E-state index is 4.70. The molecule has 1 heterocycles. The van der Waals surface area contributed by atoms with Crippen LogP contribution in [0.1, 0.15) is 56.1 Å². The number of nitrogens with one attached hydrogen (secondary N) is 1. The molecule has 3 nitrogen and oxygen atoms in total. The van der Waals surface area contributed by atoms with Gasteiger partial charge in [-0.2, -0.15) is 5.10 Å². The van der Waals surface area contributed by atoms with Gasteiger partial charge in [0.05, 0.1) is 5.69 Å². The minimum atomic E-state index is 0.419. The van der Waals surface area contributed by atoms with E-state index >= 15 is 0 Å². The van der Waals surface area contributed by atoms with E-state index in [2.05, 4.69) is 37.7 Å². The molecule has 0 amide bonds. The highest BCUT2D eigenvalue weighted by molar-refractivity contribution is 5.27. The quantitative estimate of drug-likeness (QED) is 0.821. The Bertz CT molecular complexity index is 377. The molecule has 0 bridgehead atoms. The molecule has 3 heteroatoms. The van der Waals surface area contributed by atoms with E-state index in [1.165, 1.54) is 36.2 Å². The molecule has 0 aromatic carbocycles. The van der Waals surface area contributed by atoms with E-state index in [-0.39, 0.29) is 0 Å². The van der Waals surface area contributed by atoms with Crippen molar-refractivity contribution in [3.63, 3.8) is 0 Å². The predicted molar refractivity (Wildman–Crippen MR) is 71.1 cm³/mol. The third-order valence-corrected chi connectivity index (χ3v) is 3.70. The van der Waals surface area contributed by atoms with Gasteiger partial charge in [0.2, 0.25) is 0 Å². The fraction of sp³-hybridized carbons (Fsp3) is 0.786. The van der Waals surface area contributed by atoms with Crippen molar-refractivity contribution in [1.29, 1.82) is 0 Å². The lowest BCUT2D eigenvalue weighted by Gasteiger charge is -2.14. The van der Waals surface area contributed by atoms with Gasteiger partial charge in [-0.05, 0) is 52.5 Å². The van der Waals surface area contributed by atoms with E-state index < -0.39 is 0 Å². The summed E-state index contributed by atoms with van der Waals surface area (Å²) in [6.45, 7) is 11.0. The molecule has 1 aromatic rings. The number of nitrogens with zero attached hydrogens (tertiary/aromatic N) is 2. The Balaban J connectivity index is 2.11. The topological polar surface area (TPSA) is 29.9 Å². The molecule has 0 aliphatic heterocycles. The number of aryl methyl sites for hydroxylation is 1. The molecule has 0 saturated heterocycles. The van der Waals surface area contributed by atoms with Crippen LogP contribution in [0, 0.1) is 19.8 Å². The zero-order chi connectivity index (χ0) is 12.4. The lowest BCUT2D eigenvalue weighted by atomic mass is 10.1. The summed E-state index contributed by atoms with van der Waals surface area (Å²) < 4.78 is 2.21. The standard InChI is InChI=1S/C14H25N3/c1-5-8-15-10(2)14-11(3)16-17(12(14)4)9-13-6-7-13/h10,13,15H,5-9H2,1-4H3. The molecular weight excluding hydrogens is 210 g/mol. The maximum absolute atomic E-state index is 4.70. The van der Waals surface area contributed by atoms with E-state index in [1.807, 2.05) is 0 Å². The Labute approximate surface area is 105 Å². The van der Waals surface area contributed by atoms with Crippen molar-refractivity contribution >= 4 is 0 Å². The Morgan fingerprint density at radius 2 is 2.12 bits per heavy atom. The van der Waals surface area contributed by atoms with Gasteiger partial charge < -0.3 is 5.32 Å². The smallest absolute Gasteiger partial charge is 0.0644 e. The predicted octanol–water partition coefficient (Wildman–Crippen LogP) is 2.97. The molecule has 1 saturated carbocycles. The normalized spacial score (nSPS) is 17.4. The highest BCUT2D eigenvalue weighted by Gasteiger charge is 2.24. The lowest BCUT2D eigenvalue weighted by Crippen LogP contribution is -2.20. The van der Waals surface area contributed by atoms with Crippen LogP contribution in [0.25, 0.3) is 0 Å². The van der Waals surface area contributed by atoms with Crippen LogP contribution >= 0.6 is 0 Å². The van der Waals surface area contributed by atoms with E-state index in [1.54, 1.807) is 0 Å². The van der Waals surface area contributed by atoms with Gasteiger partial charge in [0.15, 0.2) is 0 Å². The highest BCUT2D eigenvalue weighted by atomic mass is 15.3. The summed E-state index contributed by atoms with van der Waals surface area (Å²) >= 11 is 0. The van der Waals surface area contributed by atoms with E-state index in [4.69, 9.17) is 5.10 Å². The SMILES string of the molecule is CCCNC(C)c1c(C)nn(CC2CC2)c1C. The van der Waals surface area contributed by atoms with Gasteiger partial charge in [-0.1, -0.05) is 6.92 Å². The van der Waals surface area contributed by atoms with Crippen LogP contribution in [0.15, 0.2) is 0 Å². The van der Waals surface area contributed by atoms with Crippen molar-refractivity contribution in [2.75, 3.05) is 6.54 Å². The summed E-state index contributed by atoms with van der Waals surface area (Å²) in [6.07, 6.45) is 3.95. The third-order valence-electron chi connectivity index (χ3n) is 3.70. The molecule has 0 radical (unpaired) electrons. The minimum absolute atomic E-state index is 0.419. The maximum Gasteiger partial charge on any atom is 0.0644 e. The molecule has 1 aliphatic carbocycles. The fourth-order valence-corrected chi connectivity index (χ4v) is 2.52. The average molecular weight is 235 g/mol. The summed E-state index contributed by atoms with van der Waals surface area (Å²) in [7, 11) is 0. The zero-order valence-corrected chi connectivity index (χ0v) is 11.6. The second-order valence-electron chi connectivity index (χ2n) is 5.39. The monoisotopic (exact) mass is 235 g/mol. The fourth-order valence-electron chi connectivity index (χ4n) is 2.52. The highest BCUT2D eigenvalue weighted by Crippen LogP contribution is 2.32. The van der Waals surface area contributed by atoms with Gasteiger partial charge in [-0.25, -0.2) is 0 Å². The Morgan fingerprint density at radius 3 is 2.71 bits per heavy atom. The Hall–Kier alpha value is -0.830. The summed E-state index contributed by atoms with van der Waals surface area (Å²) in [5.74, 6) is 0.889. The molecule has 96 valence electrons. The molecular formula is C14H25N3. The van der Waals surface area contributed by atoms with Gasteiger partial charge in [0, 0.05) is 23.8 Å². The first-order valence-electron chi connectivity index (χ1n) is 6.90. The molecule has 1 aromatic heterocycles. The molecule has 17 heavy (non-hydrogen) atoms. The summed E-state index contributed by atoms with van der Waals surface area (Å²) in [4.78, 5) is 0. The van der Waals surface area contributed by atoms with E-state index in [9.17, 15) is 0 Å². The molecule has 2 rings (SSSR count). The first kappa shape index (κ1) is 12.6. The van der Waals surface area contributed by atoms with Crippen LogP contribution in [0.4, 0.5) is 0 Å². The first-order valence-corrected chi connectivity index (χ1v) is 6.90. The second-order valence-corrected chi connectivity index (χ2v) is 5.39. The summed E-state index contributed by atoms with van der Waals surface area (Å²) in [5.41, 5.74) is 3.95. The van der Waals surface area contributed by atoms with Gasteiger partial charge >= 0.3 is 0 Å². The van der Waals surface area contributed by atoms with Crippen LogP contribution in [-0.2, 0) is 6.54 Å². The Kier molecular flexibility index (Phi) is 3.87. The molecule has 1 aliphatic rings. The first-order chi connectivity index (χ1) is 8.13. The molecule has 1 unspecified atom stereocenters. The van der Waals surface area contributed by atoms with Gasteiger partial charge in [0.1, 0.15) is 0 Å². The van der Waals surface area contributed by atoms with Crippen molar-refractivity contribution in [2.24, 2.45) is 5.92 Å². The van der Waals surface area contributed by atoms with Gasteiger partial charge in [-0.3, -0.25) is 4.68 Å². The minimum Gasteiger partial charge on any atom is -0.310 e. The van der Waals surface area contributed by atoms with Crippen molar-refractivity contribution in [3.8, 4) is 0 Å². The molecule has 1 fully saturated rings. The molecule has 0 spiro atoms. The number of hydrogen-bond donors (Lipinski definition) is 1. The van der Waals surface area contributed by atoms with Crippen molar-refractivity contribution < 1.29 is 0 Å². The van der Waals surface area contributed by atoms with Crippen molar-refractivity contribution in [2.45, 2.75) is 59.5 Å². The van der Waals surface area contributed by atoms with E-state index in [0.29, 0.717) is 6.04 Å². The second kappa shape index (κ2) is 5.21. The average Bonchev–Trinajstić information content (AvgIpc) is 3.04. The largest absolute Gasteiger partial charge is 0.310 e. The summed E-state index contributed by atoms with van der Waals surface area (Å²) in [5, 5.41) is 8.26. The lowest BCUT2D eigenvalue weighted by molar-refractivity contribution is 0.539. The van der Waals surface area contributed by atoms with Crippen LogP contribution < -0.4 is 5.32 Å². The third kappa shape index (κ3) is 2.89. The van der Waals surface area contributed by atoms with Crippen molar-refractivity contribution in [3.05, 3.63) is 17.0 Å². The Morgan fingerprint density at radius 1 is 1.41 bits per heavy atom. The van der Waals surface area contributed by atoms with Gasteiger partial charge in [0.25, 0.3) is 0 Å². The van der Waals surface area contributed by atoms with Crippen LogP contribution in [-0.4, -0.2) is 16.3 Å². The number of aromatic nitrogens is 2. The molecule has 1 N–H and O–H groups in total. The van der Waals surface area contributed by atoms with Crippen LogP contribution in [0.2, 0.25) is 0 Å². The van der Waals surface area contributed by atoms with Crippen molar-refractivity contribution in [1.82, 2.24) is 15.1 Å². The zero-order valence-electron chi connectivity index (χ0n) is 11.6. The molecule has 1 atom stereocenters. The number of rotatable bonds is 6.